The van der Waals surface area contributed by atoms with Gasteiger partial charge in [-0.2, -0.15) is 0 Å². The molecule has 1 fully saturated rings. The second-order valence-electron chi connectivity index (χ2n) is 2.28. The second-order valence-corrected chi connectivity index (χ2v) is 2.28. The predicted molar refractivity (Wildman–Crippen MR) is 28.4 cm³/mol. The third-order valence-corrected chi connectivity index (χ3v) is 1.47. The molecule has 0 radical (unpaired) electrons. The Morgan fingerprint density at radius 1 is 1.75 bits per heavy atom. The number of alkyl halides is 1. The molecule has 3 heteroatoms. The van der Waals surface area contributed by atoms with E-state index in [4.69, 9.17) is 5.11 Å². The number of β-amino-alcohol motifs (C(OH)–C–C–N with tert-alkyl or cyclic N) is 1. The van der Waals surface area contributed by atoms with Crippen molar-refractivity contribution in [2.45, 2.75) is 12.0 Å². The van der Waals surface area contributed by atoms with Crippen LogP contribution in [0.25, 0.3) is 0 Å². The van der Waals surface area contributed by atoms with E-state index in [0.29, 0.717) is 13.0 Å². The molecule has 0 aromatic carbocycles. The Hall–Kier alpha value is -0.150. The van der Waals surface area contributed by atoms with Crippen molar-refractivity contribution < 1.29 is 9.50 Å². The SMILES string of the molecule is O[C@]1(CF)CCNC1. The Labute approximate surface area is 47.7 Å². The average Bonchev–Trinajstić information content (AvgIpc) is 2.17. The van der Waals surface area contributed by atoms with Gasteiger partial charge in [0.2, 0.25) is 0 Å². The first kappa shape index (κ1) is 5.98. The molecule has 1 atom stereocenters. The van der Waals surface area contributed by atoms with Gasteiger partial charge >= 0.3 is 0 Å². The zero-order valence-electron chi connectivity index (χ0n) is 4.65. The van der Waals surface area contributed by atoms with E-state index in [9.17, 15) is 4.39 Å². The summed E-state index contributed by atoms with van der Waals surface area (Å²) < 4.78 is 11.8. The summed E-state index contributed by atoms with van der Waals surface area (Å²) in [6, 6.07) is 0. The van der Waals surface area contributed by atoms with E-state index in [2.05, 4.69) is 5.32 Å². The van der Waals surface area contributed by atoms with Crippen LogP contribution in [0.5, 0.6) is 0 Å². The smallest absolute Gasteiger partial charge is 0.119 e. The first-order valence-electron chi connectivity index (χ1n) is 2.76. The van der Waals surface area contributed by atoms with Gasteiger partial charge in [0.1, 0.15) is 12.3 Å². The number of nitrogens with one attached hydrogen (secondary N) is 1. The molecule has 1 rings (SSSR count). The summed E-state index contributed by atoms with van der Waals surface area (Å²) in [7, 11) is 0. The van der Waals surface area contributed by atoms with Crippen LogP contribution in [0.3, 0.4) is 0 Å². The molecule has 0 aromatic rings. The van der Waals surface area contributed by atoms with E-state index in [1.54, 1.807) is 0 Å². The van der Waals surface area contributed by atoms with Gasteiger partial charge in [0.05, 0.1) is 0 Å². The van der Waals surface area contributed by atoms with Crippen molar-refractivity contribution in [1.29, 1.82) is 0 Å². The molecule has 1 saturated heterocycles. The predicted octanol–water partition coefficient (Wildman–Crippen LogP) is -0.320. The lowest BCUT2D eigenvalue weighted by Gasteiger charge is -2.14. The molecular formula is C5H10FNO. The maximum Gasteiger partial charge on any atom is 0.119 e. The van der Waals surface area contributed by atoms with Crippen LogP contribution in [0.15, 0.2) is 0 Å². The van der Waals surface area contributed by atoms with E-state index < -0.39 is 12.3 Å². The number of halogens is 1. The fourth-order valence-corrected chi connectivity index (χ4v) is 0.845. The van der Waals surface area contributed by atoms with Gasteiger partial charge in [-0.1, -0.05) is 0 Å². The van der Waals surface area contributed by atoms with Crippen LogP contribution in [0.1, 0.15) is 6.42 Å². The zero-order chi connectivity index (χ0) is 6.04. The van der Waals surface area contributed by atoms with Gasteiger partial charge in [-0.3, -0.25) is 0 Å². The molecule has 0 amide bonds. The minimum absolute atomic E-state index is 0.406. The van der Waals surface area contributed by atoms with Crippen molar-refractivity contribution in [3.05, 3.63) is 0 Å². The lowest BCUT2D eigenvalue weighted by Crippen LogP contribution is -2.33. The summed E-state index contributed by atoms with van der Waals surface area (Å²) in [4.78, 5) is 0. The van der Waals surface area contributed by atoms with Crippen LogP contribution in [-0.4, -0.2) is 30.5 Å². The van der Waals surface area contributed by atoms with Crippen LogP contribution in [0, 0.1) is 0 Å². The van der Waals surface area contributed by atoms with Gasteiger partial charge in [0.15, 0.2) is 0 Å². The third kappa shape index (κ3) is 0.980. The monoisotopic (exact) mass is 119 g/mol. The molecule has 2 N–H and O–H groups in total. The molecule has 8 heavy (non-hydrogen) atoms. The molecule has 0 spiro atoms. The standard InChI is InChI=1S/C5H10FNO/c6-3-5(8)1-2-7-4-5/h7-8H,1-4H2/t5-/m0/s1. The van der Waals surface area contributed by atoms with Crippen molar-refractivity contribution >= 4 is 0 Å². The Bertz CT molecular complexity index is 80.5. The highest BCUT2D eigenvalue weighted by Gasteiger charge is 2.30. The summed E-state index contributed by atoms with van der Waals surface area (Å²) in [5, 5.41) is 11.9. The van der Waals surface area contributed by atoms with E-state index >= 15 is 0 Å². The molecule has 1 aliphatic heterocycles. The van der Waals surface area contributed by atoms with Gasteiger partial charge in [0.25, 0.3) is 0 Å². The van der Waals surface area contributed by atoms with Gasteiger partial charge in [-0.25, -0.2) is 4.39 Å². The molecule has 0 aliphatic carbocycles. The molecule has 2 nitrogen and oxygen atoms in total. The number of hydrogen-bond donors (Lipinski definition) is 2. The summed E-state index contributed by atoms with van der Waals surface area (Å²) >= 11 is 0. The third-order valence-electron chi connectivity index (χ3n) is 1.47. The topological polar surface area (TPSA) is 32.3 Å². The Morgan fingerprint density at radius 3 is 2.75 bits per heavy atom. The van der Waals surface area contributed by atoms with Crippen LogP contribution in [-0.2, 0) is 0 Å². The van der Waals surface area contributed by atoms with Crippen LogP contribution < -0.4 is 5.32 Å². The van der Waals surface area contributed by atoms with Crippen molar-refractivity contribution in [3.8, 4) is 0 Å². The van der Waals surface area contributed by atoms with Crippen LogP contribution in [0.2, 0.25) is 0 Å². The lowest BCUT2D eigenvalue weighted by atomic mass is 10.1. The molecule has 0 saturated carbocycles. The fourth-order valence-electron chi connectivity index (χ4n) is 0.845. The molecule has 48 valence electrons. The van der Waals surface area contributed by atoms with Gasteiger partial charge in [0, 0.05) is 6.54 Å². The minimum atomic E-state index is -1.04. The van der Waals surface area contributed by atoms with Gasteiger partial charge < -0.3 is 10.4 Å². The summed E-state index contributed by atoms with van der Waals surface area (Å²) in [6.07, 6.45) is 0.545. The van der Waals surface area contributed by atoms with Crippen molar-refractivity contribution in [3.63, 3.8) is 0 Å². The zero-order valence-corrected chi connectivity index (χ0v) is 4.65. The Balaban J connectivity index is 2.40. The molecule has 1 heterocycles. The first-order valence-corrected chi connectivity index (χ1v) is 2.76. The highest BCUT2D eigenvalue weighted by atomic mass is 19.1. The molecule has 0 unspecified atom stereocenters. The minimum Gasteiger partial charge on any atom is -0.386 e. The van der Waals surface area contributed by atoms with Crippen molar-refractivity contribution in [2.75, 3.05) is 19.8 Å². The average molecular weight is 119 g/mol. The highest BCUT2D eigenvalue weighted by Crippen LogP contribution is 2.13. The molecule has 0 bridgehead atoms. The van der Waals surface area contributed by atoms with Gasteiger partial charge in [-0.05, 0) is 13.0 Å². The van der Waals surface area contributed by atoms with Crippen LogP contribution >= 0.6 is 0 Å². The second kappa shape index (κ2) is 1.99. The largest absolute Gasteiger partial charge is 0.386 e. The molecule has 1 aliphatic rings. The number of rotatable bonds is 1. The molecule has 0 aromatic heterocycles. The molecular weight excluding hydrogens is 109 g/mol. The summed E-state index contributed by atoms with van der Waals surface area (Å²) in [5.41, 5.74) is -1.04. The number of aliphatic hydroxyl groups is 1. The first-order chi connectivity index (χ1) is 3.77. The maximum absolute atomic E-state index is 11.8. The van der Waals surface area contributed by atoms with Crippen LogP contribution in [0.4, 0.5) is 4.39 Å². The Morgan fingerprint density at radius 2 is 2.50 bits per heavy atom. The van der Waals surface area contributed by atoms with Gasteiger partial charge in [-0.15, -0.1) is 0 Å². The van der Waals surface area contributed by atoms with E-state index in [1.807, 2.05) is 0 Å². The van der Waals surface area contributed by atoms with E-state index in [1.165, 1.54) is 0 Å². The van der Waals surface area contributed by atoms with Crippen molar-refractivity contribution in [2.24, 2.45) is 0 Å². The normalized spacial score (nSPS) is 38.2. The number of hydrogen-bond acceptors (Lipinski definition) is 2. The van der Waals surface area contributed by atoms with E-state index in [0.717, 1.165) is 6.54 Å². The highest BCUT2D eigenvalue weighted by molar-refractivity contribution is 4.86. The Kier molecular flexibility index (Phi) is 1.49. The van der Waals surface area contributed by atoms with Crippen molar-refractivity contribution in [1.82, 2.24) is 5.32 Å². The fraction of sp³-hybridized carbons (Fsp3) is 1.00. The summed E-state index contributed by atoms with van der Waals surface area (Å²) in [6.45, 7) is 0.518. The lowest BCUT2D eigenvalue weighted by molar-refractivity contribution is 0.0350. The maximum atomic E-state index is 11.8. The van der Waals surface area contributed by atoms with E-state index in [-0.39, 0.29) is 0 Å². The quantitative estimate of drug-likeness (QED) is 0.496. The summed E-state index contributed by atoms with van der Waals surface area (Å²) in [5.74, 6) is 0.